The fourth-order valence-corrected chi connectivity index (χ4v) is 2.61. The van der Waals surface area contributed by atoms with Gasteiger partial charge in [-0.05, 0) is 49.7 Å². The van der Waals surface area contributed by atoms with Gasteiger partial charge in [0.1, 0.15) is 11.5 Å². The summed E-state index contributed by atoms with van der Waals surface area (Å²) in [6.07, 6.45) is 4.17. The number of H-pyrrole nitrogens is 1. The molecule has 0 fully saturated rings. The number of nitrogens with zero attached hydrogens (tertiary/aromatic N) is 2. The van der Waals surface area contributed by atoms with E-state index in [-0.39, 0.29) is 5.82 Å². The molecule has 0 radical (unpaired) electrons. The summed E-state index contributed by atoms with van der Waals surface area (Å²) in [5, 5.41) is 1.14. The number of allylic oxidation sites excluding steroid dienone is 1. The molecule has 0 aliphatic carbocycles. The van der Waals surface area contributed by atoms with Crippen molar-refractivity contribution in [1.29, 1.82) is 0 Å². The van der Waals surface area contributed by atoms with Crippen molar-refractivity contribution < 1.29 is 4.39 Å². The summed E-state index contributed by atoms with van der Waals surface area (Å²) in [7, 11) is 0. The van der Waals surface area contributed by atoms with Gasteiger partial charge in [0, 0.05) is 23.7 Å². The zero-order chi connectivity index (χ0) is 16.4. The van der Waals surface area contributed by atoms with E-state index in [2.05, 4.69) is 28.5 Å². The van der Waals surface area contributed by atoms with Crippen LogP contribution in [0.1, 0.15) is 23.4 Å². The summed E-state index contributed by atoms with van der Waals surface area (Å²) in [4.78, 5) is 12.5. The van der Waals surface area contributed by atoms with E-state index in [4.69, 9.17) is 0 Å². The average molecular weight is 307 g/mol. The van der Waals surface area contributed by atoms with Crippen LogP contribution in [-0.4, -0.2) is 15.7 Å². The van der Waals surface area contributed by atoms with Gasteiger partial charge in [-0.1, -0.05) is 6.08 Å². The molecule has 3 rings (SSSR count). The number of halogens is 1. The van der Waals surface area contributed by atoms with E-state index >= 15 is 0 Å². The van der Waals surface area contributed by atoms with Crippen LogP contribution in [0, 0.1) is 19.7 Å². The van der Waals surface area contributed by atoms with Crippen LogP contribution < -0.4 is 0 Å². The first kappa shape index (κ1) is 15.2. The lowest BCUT2D eigenvalue weighted by Crippen LogP contribution is -2.03. The van der Waals surface area contributed by atoms with Crippen molar-refractivity contribution in [2.24, 2.45) is 4.99 Å². The zero-order valence-electron chi connectivity index (χ0n) is 13.2. The van der Waals surface area contributed by atoms with Crippen molar-refractivity contribution in [3.05, 3.63) is 72.0 Å². The number of rotatable bonds is 4. The quantitative estimate of drug-likeness (QED) is 0.534. The predicted molar refractivity (Wildman–Crippen MR) is 93.0 cm³/mol. The summed E-state index contributed by atoms with van der Waals surface area (Å²) in [5.74, 6) is -0.273. The number of fused-ring (bicyclic) bond motifs is 1. The van der Waals surface area contributed by atoms with Crippen LogP contribution in [0.3, 0.4) is 0 Å². The SMILES string of the molecule is C=CCC(=Nc1ccc(F)cc1)c1nccc2c(C)c(C)[nH]c12. The monoisotopic (exact) mass is 307 g/mol. The number of benzene rings is 1. The molecule has 0 amide bonds. The van der Waals surface area contributed by atoms with E-state index in [0.717, 1.165) is 28.0 Å². The highest BCUT2D eigenvalue weighted by Gasteiger charge is 2.13. The van der Waals surface area contributed by atoms with Gasteiger partial charge in [-0.2, -0.15) is 0 Å². The Morgan fingerprint density at radius 1 is 1.26 bits per heavy atom. The van der Waals surface area contributed by atoms with Crippen molar-refractivity contribution in [1.82, 2.24) is 9.97 Å². The number of aromatic amines is 1. The topological polar surface area (TPSA) is 41.0 Å². The van der Waals surface area contributed by atoms with E-state index in [1.165, 1.54) is 17.7 Å². The maximum Gasteiger partial charge on any atom is 0.123 e. The second-order valence-electron chi connectivity index (χ2n) is 5.48. The van der Waals surface area contributed by atoms with Crippen molar-refractivity contribution in [2.45, 2.75) is 20.3 Å². The standard InChI is InChI=1S/C19H18FN3/c1-4-5-17(23-15-8-6-14(20)7-9-15)19-18-16(10-11-21-19)12(2)13(3)22-18/h4,6-11,22H,1,5H2,2-3H3. The van der Waals surface area contributed by atoms with Crippen LogP contribution in [0.5, 0.6) is 0 Å². The van der Waals surface area contributed by atoms with Crippen molar-refractivity contribution in [2.75, 3.05) is 0 Å². The number of aryl methyl sites for hydroxylation is 2. The molecule has 0 saturated carbocycles. The minimum Gasteiger partial charge on any atom is -0.357 e. The highest BCUT2D eigenvalue weighted by molar-refractivity contribution is 6.10. The minimum atomic E-state index is -0.273. The second-order valence-corrected chi connectivity index (χ2v) is 5.48. The first-order valence-electron chi connectivity index (χ1n) is 7.48. The Labute approximate surface area is 134 Å². The fraction of sp³-hybridized carbons (Fsp3) is 0.158. The molecule has 0 unspecified atom stereocenters. The second kappa shape index (κ2) is 6.16. The third kappa shape index (κ3) is 2.93. The summed E-state index contributed by atoms with van der Waals surface area (Å²) in [6, 6.07) is 8.12. The molecule has 0 bridgehead atoms. The van der Waals surface area contributed by atoms with Gasteiger partial charge in [0.05, 0.1) is 16.9 Å². The van der Waals surface area contributed by atoms with Gasteiger partial charge < -0.3 is 4.98 Å². The minimum absolute atomic E-state index is 0.273. The van der Waals surface area contributed by atoms with Gasteiger partial charge in [-0.25, -0.2) is 4.39 Å². The van der Waals surface area contributed by atoms with Crippen LogP contribution in [0.25, 0.3) is 10.9 Å². The Bertz CT molecular complexity index is 889. The predicted octanol–water partition coefficient (Wildman–Crippen LogP) is 5.02. The third-order valence-corrected chi connectivity index (χ3v) is 3.93. The van der Waals surface area contributed by atoms with Crippen molar-refractivity contribution in [3.63, 3.8) is 0 Å². The number of aliphatic imine (C=N–C) groups is 1. The molecule has 2 aromatic heterocycles. The van der Waals surface area contributed by atoms with Crippen LogP contribution in [-0.2, 0) is 0 Å². The maximum atomic E-state index is 13.1. The smallest absolute Gasteiger partial charge is 0.123 e. The first-order valence-corrected chi connectivity index (χ1v) is 7.48. The van der Waals surface area contributed by atoms with Crippen LogP contribution in [0.4, 0.5) is 10.1 Å². The largest absolute Gasteiger partial charge is 0.357 e. The molecular formula is C19H18FN3. The molecular weight excluding hydrogens is 289 g/mol. The molecule has 0 atom stereocenters. The molecule has 23 heavy (non-hydrogen) atoms. The third-order valence-electron chi connectivity index (χ3n) is 3.93. The Kier molecular flexibility index (Phi) is 4.06. The number of nitrogens with one attached hydrogen (secondary N) is 1. The van der Waals surface area contributed by atoms with Crippen molar-refractivity contribution >= 4 is 22.3 Å². The van der Waals surface area contributed by atoms with Gasteiger partial charge in [-0.3, -0.25) is 9.98 Å². The molecule has 4 heteroatoms. The summed E-state index contributed by atoms with van der Waals surface area (Å²) in [6.45, 7) is 7.94. The highest BCUT2D eigenvalue weighted by atomic mass is 19.1. The van der Waals surface area contributed by atoms with Crippen LogP contribution >= 0.6 is 0 Å². The lowest BCUT2D eigenvalue weighted by Gasteiger charge is -2.06. The molecule has 116 valence electrons. The molecule has 1 N–H and O–H groups in total. The summed E-state index contributed by atoms with van der Waals surface area (Å²) >= 11 is 0. The lowest BCUT2D eigenvalue weighted by molar-refractivity contribution is 0.628. The van der Waals surface area contributed by atoms with Crippen molar-refractivity contribution in [3.8, 4) is 0 Å². The fourth-order valence-electron chi connectivity index (χ4n) is 2.61. The van der Waals surface area contributed by atoms with Gasteiger partial charge in [0.25, 0.3) is 0 Å². The first-order chi connectivity index (χ1) is 11.1. The van der Waals surface area contributed by atoms with Gasteiger partial charge >= 0.3 is 0 Å². The Morgan fingerprint density at radius 2 is 2.00 bits per heavy atom. The van der Waals surface area contributed by atoms with Gasteiger partial charge in [-0.15, -0.1) is 6.58 Å². The Balaban J connectivity index is 2.17. The number of hydrogen-bond acceptors (Lipinski definition) is 2. The van der Waals surface area contributed by atoms with Gasteiger partial charge in [0.2, 0.25) is 0 Å². The number of aromatic nitrogens is 2. The molecule has 2 heterocycles. The average Bonchev–Trinajstić information content (AvgIpc) is 2.84. The van der Waals surface area contributed by atoms with E-state index < -0.39 is 0 Å². The molecule has 0 spiro atoms. The van der Waals surface area contributed by atoms with E-state index in [1.54, 1.807) is 24.4 Å². The summed E-state index contributed by atoms with van der Waals surface area (Å²) in [5.41, 5.74) is 5.62. The normalized spacial score (nSPS) is 11.9. The number of hydrogen-bond donors (Lipinski definition) is 1. The van der Waals surface area contributed by atoms with E-state index in [9.17, 15) is 4.39 Å². The van der Waals surface area contributed by atoms with Crippen LogP contribution in [0.15, 0.2) is 54.2 Å². The molecule has 0 aliphatic heterocycles. The molecule has 0 aliphatic rings. The van der Waals surface area contributed by atoms with E-state index in [0.29, 0.717) is 12.1 Å². The Hall–Kier alpha value is -2.75. The Morgan fingerprint density at radius 3 is 2.70 bits per heavy atom. The number of pyridine rings is 1. The highest BCUT2D eigenvalue weighted by Crippen LogP contribution is 2.25. The molecule has 3 nitrogen and oxygen atoms in total. The lowest BCUT2D eigenvalue weighted by atomic mass is 10.1. The van der Waals surface area contributed by atoms with Crippen LogP contribution in [0.2, 0.25) is 0 Å². The molecule has 0 saturated heterocycles. The van der Waals surface area contributed by atoms with E-state index in [1.807, 2.05) is 13.0 Å². The maximum absolute atomic E-state index is 13.1. The molecule has 3 aromatic rings. The molecule has 1 aromatic carbocycles. The zero-order valence-corrected chi connectivity index (χ0v) is 13.2. The summed E-state index contributed by atoms with van der Waals surface area (Å²) < 4.78 is 13.1. The van der Waals surface area contributed by atoms with Gasteiger partial charge in [0.15, 0.2) is 0 Å².